The molecule has 0 bridgehead atoms. The van der Waals surface area contributed by atoms with Crippen molar-refractivity contribution in [1.82, 2.24) is 24.7 Å². The lowest BCUT2D eigenvalue weighted by Gasteiger charge is -2.41. The molecule has 0 spiro atoms. The summed E-state index contributed by atoms with van der Waals surface area (Å²) in [4.78, 5) is 29.9. The number of benzene rings is 1. The van der Waals surface area contributed by atoms with Crippen LogP contribution in [0, 0.1) is 11.3 Å². The normalized spacial score (nSPS) is 21.4. The first-order valence-corrected chi connectivity index (χ1v) is 13.8. The molecular weight excluding hydrogens is 537 g/mol. The summed E-state index contributed by atoms with van der Waals surface area (Å²) in [6, 6.07) is 7.09. The van der Waals surface area contributed by atoms with Crippen LogP contribution in [0.5, 0.6) is 11.8 Å². The number of nitrogens with zero attached hydrogens (tertiary/aromatic N) is 7. The highest BCUT2D eigenvalue weighted by atomic mass is 35.5. The Labute approximate surface area is 238 Å². The monoisotopic (exact) mass is 569 g/mol. The standard InChI is InChI=1S/C28H33ClFN7O3/c1-18(30)27(39)37-11-10-36(14-20(37)7-8-31)26-23-15-35(13-19-12-22(38)5-6-24(19)29)16-25(23)32-28(33-26)40-17-21-4-3-9-34(21)2/h5-6,12,20-21,38H,1,3-4,7,9-11,13-17H2,2H3/t20-,21-/m0/s1. The number of likely N-dealkylation sites (tertiary alicyclic amines) is 1. The van der Waals surface area contributed by atoms with Crippen molar-refractivity contribution in [3.8, 4) is 17.8 Å². The highest BCUT2D eigenvalue weighted by Gasteiger charge is 2.35. The molecule has 2 fully saturated rings. The Morgan fingerprint density at radius 2 is 2.10 bits per heavy atom. The molecule has 2 atom stereocenters. The number of phenols is 1. The number of phenolic OH excluding ortho intramolecular Hbond substituents is 1. The van der Waals surface area contributed by atoms with Gasteiger partial charge in [0.05, 0.1) is 24.2 Å². The highest BCUT2D eigenvalue weighted by molar-refractivity contribution is 6.31. The van der Waals surface area contributed by atoms with Gasteiger partial charge in [-0.05, 0) is 50.2 Å². The van der Waals surface area contributed by atoms with E-state index in [1.807, 2.05) is 4.90 Å². The van der Waals surface area contributed by atoms with E-state index >= 15 is 0 Å². The van der Waals surface area contributed by atoms with Gasteiger partial charge in [-0.2, -0.15) is 15.2 Å². The topological polar surface area (TPSA) is 109 Å². The molecule has 12 heteroatoms. The summed E-state index contributed by atoms with van der Waals surface area (Å²) in [5.41, 5.74) is 2.58. The summed E-state index contributed by atoms with van der Waals surface area (Å²) in [6.07, 6.45) is 2.24. The van der Waals surface area contributed by atoms with Crippen LogP contribution in [0.4, 0.5) is 10.2 Å². The maximum Gasteiger partial charge on any atom is 0.318 e. The van der Waals surface area contributed by atoms with Gasteiger partial charge in [0.1, 0.15) is 18.2 Å². The summed E-state index contributed by atoms with van der Waals surface area (Å²) < 4.78 is 19.8. The van der Waals surface area contributed by atoms with Gasteiger partial charge in [0.2, 0.25) is 0 Å². The van der Waals surface area contributed by atoms with E-state index in [1.54, 1.807) is 18.2 Å². The quantitative estimate of drug-likeness (QED) is 0.479. The first-order chi connectivity index (χ1) is 19.2. The van der Waals surface area contributed by atoms with E-state index in [0.717, 1.165) is 36.2 Å². The lowest BCUT2D eigenvalue weighted by Crippen LogP contribution is -2.55. The Balaban J connectivity index is 1.41. The minimum Gasteiger partial charge on any atom is -0.508 e. The van der Waals surface area contributed by atoms with E-state index in [0.29, 0.717) is 62.2 Å². The van der Waals surface area contributed by atoms with Crippen LogP contribution in [-0.4, -0.2) is 87.6 Å². The fraction of sp³-hybridized carbons (Fsp3) is 0.500. The zero-order chi connectivity index (χ0) is 28.4. The van der Waals surface area contributed by atoms with Crippen molar-refractivity contribution in [3.63, 3.8) is 0 Å². The maximum atomic E-state index is 13.7. The number of carbonyl (C=O) groups excluding carboxylic acids is 1. The van der Waals surface area contributed by atoms with Crippen LogP contribution >= 0.6 is 11.6 Å². The van der Waals surface area contributed by atoms with Gasteiger partial charge in [-0.1, -0.05) is 18.2 Å². The van der Waals surface area contributed by atoms with Gasteiger partial charge in [0.25, 0.3) is 5.91 Å². The summed E-state index contributed by atoms with van der Waals surface area (Å²) >= 11 is 6.40. The summed E-state index contributed by atoms with van der Waals surface area (Å²) in [6.45, 7) is 7.22. The number of amides is 1. The fourth-order valence-electron chi connectivity index (χ4n) is 5.75. The van der Waals surface area contributed by atoms with Crippen molar-refractivity contribution in [3.05, 3.63) is 52.4 Å². The molecule has 40 heavy (non-hydrogen) atoms. The van der Waals surface area contributed by atoms with Gasteiger partial charge < -0.3 is 24.5 Å². The van der Waals surface area contributed by atoms with Crippen LogP contribution in [0.1, 0.15) is 36.1 Å². The molecule has 0 saturated carbocycles. The summed E-state index contributed by atoms with van der Waals surface area (Å²) in [5, 5.41) is 19.9. The molecule has 0 aliphatic carbocycles. The van der Waals surface area contributed by atoms with Crippen molar-refractivity contribution < 1.29 is 19.0 Å². The molecule has 1 amide bonds. The van der Waals surface area contributed by atoms with Gasteiger partial charge in [-0.15, -0.1) is 0 Å². The van der Waals surface area contributed by atoms with Crippen molar-refractivity contribution >= 4 is 23.3 Å². The number of halogens is 2. The van der Waals surface area contributed by atoms with Crippen molar-refractivity contribution in [2.45, 2.75) is 51.0 Å². The van der Waals surface area contributed by atoms with Gasteiger partial charge in [-0.25, -0.2) is 4.39 Å². The predicted octanol–water partition coefficient (Wildman–Crippen LogP) is 3.24. The summed E-state index contributed by atoms with van der Waals surface area (Å²) in [5.74, 6) is -0.978. The predicted molar refractivity (Wildman–Crippen MR) is 147 cm³/mol. The molecule has 1 aromatic carbocycles. The molecule has 1 aromatic heterocycles. The molecular formula is C28H33ClFN7O3. The van der Waals surface area contributed by atoms with E-state index in [-0.39, 0.29) is 18.7 Å². The number of carbonyl (C=O) groups is 1. The van der Waals surface area contributed by atoms with Crippen molar-refractivity contribution in [1.29, 1.82) is 5.26 Å². The minimum absolute atomic E-state index is 0.0578. The molecule has 3 aliphatic rings. The Kier molecular flexibility index (Phi) is 8.40. The zero-order valence-corrected chi connectivity index (χ0v) is 23.3. The van der Waals surface area contributed by atoms with E-state index in [2.05, 4.69) is 29.5 Å². The molecule has 0 radical (unpaired) electrons. The molecule has 2 aromatic rings. The first kappa shape index (κ1) is 28.1. The average molecular weight is 570 g/mol. The molecule has 0 unspecified atom stereocenters. The lowest BCUT2D eigenvalue weighted by atomic mass is 10.1. The number of ether oxygens (including phenoxy) is 1. The Morgan fingerprint density at radius 1 is 1.27 bits per heavy atom. The lowest BCUT2D eigenvalue weighted by molar-refractivity contribution is -0.131. The number of likely N-dealkylation sites (N-methyl/N-ethyl adjacent to an activating group) is 1. The maximum absolute atomic E-state index is 13.7. The molecule has 212 valence electrons. The molecule has 1 N–H and O–H groups in total. The fourth-order valence-corrected chi connectivity index (χ4v) is 5.93. The third-order valence-corrected chi connectivity index (χ3v) is 8.28. The molecule has 3 aliphatic heterocycles. The van der Waals surface area contributed by atoms with Gasteiger partial charge in [0, 0.05) is 55.9 Å². The number of hydrogen-bond donors (Lipinski definition) is 1. The zero-order valence-electron chi connectivity index (χ0n) is 22.5. The average Bonchev–Trinajstić information content (AvgIpc) is 3.53. The number of nitriles is 1. The number of rotatable bonds is 8. The number of anilines is 1. The molecule has 2 saturated heterocycles. The number of aromatic nitrogens is 2. The van der Waals surface area contributed by atoms with E-state index in [1.165, 1.54) is 4.90 Å². The minimum atomic E-state index is -1.03. The van der Waals surface area contributed by atoms with Gasteiger partial charge >= 0.3 is 6.01 Å². The number of hydrogen-bond acceptors (Lipinski definition) is 9. The van der Waals surface area contributed by atoms with Crippen LogP contribution in [0.25, 0.3) is 0 Å². The van der Waals surface area contributed by atoms with Crippen LogP contribution in [0.2, 0.25) is 5.02 Å². The Hall–Kier alpha value is -3.46. The van der Waals surface area contributed by atoms with Crippen molar-refractivity contribution in [2.75, 3.05) is 44.7 Å². The van der Waals surface area contributed by atoms with Crippen LogP contribution in [0.15, 0.2) is 30.6 Å². The number of fused-ring (bicyclic) bond motifs is 1. The Morgan fingerprint density at radius 3 is 2.83 bits per heavy atom. The molecule has 5 rings (SSSR count). The van der Waals surface area contributed by atoms with Gasteiger partial charge in [-0.3, -0.25) is 9.69 Å². The van der Waals surface area contributed by atoms with Gasteiger partial charge in [0.15, 0.2) is 5.83 Å². The third kappa shape index (κ3) is 5.99. The van der Waals surface area contributed by atoms with Crippen LogP contribution in [-0.2, 0) is 24.4 Å². The first-order valence-electron chi connectivity index (χ1n) is 13.4. The van der Waals surface area contributed by atoms with Crippen LogP contribution < -0.4 is 9.64 Å². The van der Waals surface area contributed by atoms with E-state index in [9.17, 15) is 19.6 Å². The number of aromatic hydroxyl groups is 1. The SMILES string of the molecule is C=C(F)C(=O)N1CCN(c2nc(OC[C@@H]3CCCN3C)nc3c2CN(Cc2cc(O)ccc2Cl)C3)C[C@@H]1CC#N. The second-order valence-corrected chi connectivity index (χ2v) is 11.0. The van der Waals surface area contributed by atoms with Crippen LogP contribution in [0.3, 0.4) is 0 Å². The molecule has 4 heterocycles. The second kappa shape index (κ2) is 12.0. The Bertz CT molecular complexity index is 1340. The third-order valence-electron chi connectivity index (χ3n) is 7.91. The van der Waals surface area contributed by atoms with E-state index in [4.69, 9.17) is 26.3 Å². The largest absolute Gasteiger partial charge is 0.508 e. The number of piperazine rings is 1. The second-order valence-electron chi connectivity index (χ2n) is 10.6. The summed E-state index contributed by atoms with van der Waals surface area (Å²) in [7, 11) is 2.09. The molecule has 10 nitrogen and oxygen atoms in total. The van der Waals surface area contributed by atoms with Crippen molar-refractivity contribution in [2.24, 2.45) is 0 Å². The smallest absolute Gasteiger partial charge is 0.318 e. The highest BCUT2D eigenvalue weighted by Crippen LogP contribution is 2.35. The van der Waals surface area contributed by atoms with E-state index < -0.39 is 17.8 Å².